The number of phenolic OH excluding ortho intramolecular Hbond substituents is 1. The third-order valence-corrected chi connectivity index (χ3v) is 6.10. The fraction of sp³-hybridized carbons (Fsp3) is 0.526. The zero-order valence-corrected chi connectivity index (χ0v) is 12.5. The Hall–Kier alpha value is -1.57. The molecule has 0 saturated heterocycles. The lowest BCUT2D eigenvalue weighted by atomic mass is 9.61. The SMILES string of the molecule is C/C=C1/CC2C(CCC3c4ccc(O)cc4CCC32)C1=O. The highest BCUT2D eigenvalue weighted by Crippen LogP contribution is 2.55. The summed E-state index contributed by atoms with van der Waals surface area (Å²) in [6.07, 6.45) is 7.42. The molecular formula is C19H22O2. The summed E-state index contributed by atoms with van der Waals surface area (Å²) >= 11 is 0. The van der Waals surface area contributed by atoms with E-state index in [0.29, 0.717) is 29.3 Å². The second-order valence-corrected chi connectivity index (χ2v) is 6.92. The molecular weight excluding hydrogens is 260 g/mol. The van der Waals surface area contributed by atoms with Crippen molar-refractivity contribution < 1.29 is 9.90 Å². The number of allylic oxidation sites excluding steroid dienone is 2. The maximum Gasteiger partial charge on any atom is 0.161 e. The zero-order valence-electron chi connectivity index (χ0n) is 12.5. The van der Waals surface area contributed by atoms with E-state index in [9.17, 15) is 9.90 Å². The fourth-order valence-corrected chi connectivity index (χ4v) is 5.15. The molecule has 0 radical (unpaired) electrons. The second-order valence-electron chi connectivity index (χ2n) is 6.92. The van der Waals surface area contributed by atoms with Crippen LogP contribution in [-0.2, 0) is 11.2 Å². The molecule has 0 bridgehead atoms. The highest BCUT2D eigenvalue weighted by molar-refractivity contribution is 5.99. The molecule has 1 aromatic rings. The maximum absolute atomic E-state index is 12.4. The molecule has 3 aliphatic rings. The highest BCUT2D eigenvalue weighted by atomic mass is 16.3. The predicted octanol–water partition coefficient (Wildman–Crippen LogP) is 3.98. The smallest absolute Gasteiger partial charge is 0.161 e. The Morgan fingerprint density at radius 1 is 1.14 bits per heavy atom. The van der Waals surface area contributed by atoms with Crippen LogP contribution in [0.15, 0.2) is 29.8 Å². The highest BCUT2D eigenvalue weighted by Gasteiger charge is 2.48. The van der Waals surface area contributed by atoms with Crippen molar-refractivity contribution in [3.63, 3.8) is 0 Å². The maximum atomic E-state index is 12.4. The number of benzene rings is 1. The van der Waals surface area contributed by atoms with Gasteiger partial charge < -0.3 is 5.11 Å². The van der Waals surface area contributed by atoms with Gasteiger partial charge in [0.25, 0.3) is 0 Å². The molecule has 0 amide bonds. The third-order valence-electron chi connectivity index (χ3n) is 6.10. The molecule has 2 heteroatoms. The molecule has 0 aromatic heterocycles. The molecule has 0 spiro atoms. The first-order valence-corrected chi connectivity index (χ1v) is 8.20. The summed E-state index contributed by atoms with van der Waals surface area (Å²) in [4.78, 5) is 12.4. The van der Waals surface area contributed by atoms with Crippen molar-refractivity contribution in [1.29, 1.82) is 0 Å². The van der Waals surface area contributed by atoms with E-state index in [1.165, 1.54) is 17.5 Å². The van der Waals surface area contributed by atoms with E-state index < -0.39 is 0 Å². The van der Waals surface area contributed by atoms with Crippen LogP contribution in [-0.4, -0.2) is 10.9 Å². The van der Waals surface area contributed by atoms with Crippen molar-refractivity contribution in [3.05, 3.63) is 41.0 Å². The van der Waals surface area contributed by atoms with Crippen molar-refractivity contribution in [2.45, 2.75) is 44.9 Å². The summed E-state index contributed by atoms with van der Waals surface area (Å²) in [5.41, 5.74) is 3.83. The number of Topliss-reactive ketones (excluding diaryl/α,β-unsaturated/α-hetero) is 1. The predicted molar refractivity (Wildman–Crippen MR) is 82.3 cm³/mol. The summed E-state index contributed by atoms with van der Waals surface area (Å²) in [7, 11) is 0. The number of aryl methyl sites for hydroxylation is 1. The van der Waals surface area contributed by atoms with Crippen molar-refractivity contribution in [2.24, 2.45) is 17.8 Å². The average molecular weight is 282 g/mol. The summed E-state index contributed by atoms with van der Waals surface area (Å²) in [6, 6.07) is 5.88. The number of rotatable bonds is 0. The summed E-state index contributed by atoms with van der Waals surface area (Å²) in [5.74, 6) is 2.91. The van der Waals surface area contributed by atoms with E-state index in [-0.39, 0.29) is 5.92 Å². The number of hydrogen-bond donors (Lipinski definition) is 1. The van der Waals surface area contributed by atoms with E-state index in [1.54, 1.807) is 0 Å². The van der Waals surface area contributed by atoms with E-state index in [0.717, 1.165) is 31.3 Å². The van der Waals surface area contributed by atoms with Gasteiger partial charge in [0.15, 0.2) is 5.78 Å². The van der Waals surface area contributed by atoms with Gasteiger partial charge in [0.05, 0.1) is 0 Å². The average Bonchev–Trinajstić information content (AvgIpc) is 2.83. The lowest BCUT2D eigenvalue weighted by molar-refractivity contribution is -0.120. The van der Waals surface area contributed by atoms with E-state index in [1.807, 2.05) is 25.1 Å². The first-order valence-electron chi connectivity index (χ1n) is 8.20. The molecule has 2 fully saturated rings. The minimum absolute atomic E-state index is 0.288. The Kier molecular flexibility index (Phi) is 2.95. The lowest BCUT2D eigenvalue weighted by Crippen LogP contribution is -2.35. The first-order chi connectivity index (χ1) is 10.2. The van der Waals surface area contributed by atoms with Gasteiger partial charge in [0.2, 0.25) is 0 Å². The van der Waals surface area contributed by atoms with Crippen LogP contribution in [0.3, 0.4) is 0 Å². The number of aromatic hydroxyl groups is 1. The van der Waals surface area contributed by atoms with Crippen LogP contribution in [0, 0.1) is 17.8 Å². The quantitative estimate of drug-likeness (QED) is 0.731. The summed E-state index contributed by atoms with van der Waals surface area (Å²) < 4.78 is 0. The van der Waals surface area contributed by atoms with Gasteiger partial charge in [-0.15, -0.1) is 0 Å². The van der Waals surface area contributed by atoms with Crippen LogP contribution in [0.2, 0.25) is 0 Å². The Morgan fingerprint density at radius 2 is 1.95 bits per heavy atom. The minimum Gasteiger partial charge on any atom is -0.508 e. The summed E-state index contributed by atoms with van der Waals surface area (Å²) in [6.45, 7) is 2.00. The molecule has 2 nitrogen and oxygen atoms in total. The van der Waals surface area contributed by atoms with Crippen LogP contribution in [0.25, 0.3) is 0 Å². The molecule has 1 N–H and O–H groups in total. The third kappa shape index (κ3) is 1.88. The summed E-state index contributed by atoms with van der Waals surface area (Å²) in [5, 5.41) is 9.68. The van der Waals surface area contributed by atoms with E-state index >= 15 is 0 Å². The molecule has 4 rings (SSSR count). The number of hydrogen-bond acceptors (Lipinski definition) is 2. The van der Waals surface area contributed by atoms with Gasteiger partial charge in [0, 0.05) is 5.92 Å². The molecule has 3 aliphatic carbocycles. The fourth-order valence-electron chi connectivity index (χ4n) is 5.15. The van der Waals surface area contributed by atoms with Crippen LogP contribution in [0.1, 0.15) is 49.7 Å². The number of carbonyl (C=O) groups is 1. The largest absolute Gasteiger partial charge is 0.508 e. The zero-order chi connectivity index (χ0) is 14.6. The van der Waals surface area contributed by atoms with E-state index in [2.05, 4.69) is 6.07 Å². The first kappa shape index (κ1) is 13.1. The van der Waals surface area contributed by atoms with Gasteiger partial charge in [0.1, 0.15) is 5.75 Å². The van der Waals surface area contributed by atoms with Crippen molar-refractivity contribution >= 4 is 5.78 Å². The molecule has 110 valence electrons. The van der Waals surface area contributed by atoms with Gasteiger partial charge in [-0.05, 0) is 85.6 Å². The van der Waals surface area contributed by atoms with Crippen molar-refractivity contribution in [1.82, 2.24) is 0 Å². The molecule has 0 aliphatic heterocycles. The second kappa shape index (κ2) is 4.72. The van der Waals surface area contributed by atoms with Gasteiger partial charge in [-0.1, -0.05) is 12.1 Å². The molecule has 21 heavy (non-hydrogen) atoms. The molecule has 0 heterocycles. The van der Waals surface area contributed by atoms with E-state index in [4.69, 9.17) is 0 Å². The standard InChI is InChI=1S/C19H22O2/c1-2-11-10-18-16-5-3-12-9-13(20)4-6-14(12)15(16)7-8-17(18)19(11)21/h2,4,6,9,15-18,20H,3,5,7-8,10H2,1H3/b11-2-. The monoisotopic (exact) mass is 282 g/mol. The number of ketones is 1. The van der Waals surface area contributed by atoms with Crippen LogP contribution in [0.4, 0.5) is 0 Å². The number of carbonyl (C=O) groups excluding carboxylic acids is 1. The number of phenols is 1. The number of fused-ring (bicyclic) bond motifs is 5. The molecule has 4 unspecified atom stereocenters. The lowest BCUT2D eigenvalue weighted by Gasteiger charge is -2.43. The molecule has 4 atom stereocenters. The van der Waals surface area contributed by atoms with Gasteiger partial charge in [-0.3, -0.25) is 4.79 Å². The Balaban J connectivity index is 1.69. The topological polar surface area (TPSA) is 37.3 Å². The van der Waals surface area contributed by atoms with Gasteiger partial charge in [-0.2, -0.15) is 0 Å². The van der Waals surface area contributed by atoms with Gasteiger partial charge >= 0.3 is 0 Å². The Morgan fingerprint density at radius 3 is 2.76 bits per heavy atom. The van der Waals surface area contributed by atoms with Crippen molar-refractivity contribution in [3.8, 4) is 5.75 Å². The van der Waals surface area contributed by atoms with Crippen LogP contribution >= 0.6 is 0 Å². The minimum atomic E-state index is 0.288. The van der Waals surface area contributed by atoms with Crippen molar-refractivity contribution in [2.75, 3.05) is 0 Å². The molecule has 2 saturated carbocycles. The Labute approximate surface area is 125 Å². The normalized spacial score (nSPS) is 36.2. The van der Waals surface area contributed by atoms with Crippen LogP contribution < -0.4 is 0 Å². The molecule has 1 aromatic carbocycles. The van der Waals surface area contributed by atoms with Gasteiger partial charge in [-0.25, -0.2) is 0 Å². The van der Waals surface area contributed by atoms with Crippen LogP contribution in [0.5, 0.6) is 5.75 Å². The Bertz CT molecular complexity index is 628.